The molecule has 0 spiro atoms. The Kier molecular flexibility index (Phi) is 2.90. The summed E-state index contributed by atoms with van der Waals surface area (Å²) in [6.07, 6.45) is 3.63. The first kappa shape index (κ1) is 10.4. The van der Waals surface area contributed by atoms with Crippen LogP contribution >= 0.6 is 15.9 Å². The van der Waals surface area contributed by atoms with Gasteiger partial charge in [0.25, 0.3) is 0 Å². The molecular weight excluding hydrogens is 258 g/mol. The zero-order chi connectivity index (χ0) is 10.8. The predicted molar refractivity (Wildman–Crippen MR) is 60.6 cm³/mol. The van der Waals surface area contributed by atoms with Crippen molar-refractivity contribution in [2.75, 3.05) is 7.05 Å². The van der Waals surface area contributed by atoms with E-state index in [1.54, 1.807) is 13.2 Å². The summed E-state index contributed by atoms with van der Waals surface area (Å²) >= 11 is 3.49. The second kappa shape index (κ2) is 4.18. The predicted octanol–water partition coefficient (Wildman–Crippen LogP) is 1.76. The van der Waals surface area contributed by atoms with Crippen molar-refractivity contribution in [3.63, 3.8) is 0 Å². The van der Waals surface area contributed by atoms with Crippen LogP contribution in [-0.2, 0) is 6.42 Å². The largest absolute Gasteiger partial charge is 0.341 e. The number of halogens is 1. The molecule has 0 unspecified atom stereocenters. The van der Waals surface area contributed by atoms with Gasteiger partial charge in [-0.05, 0) is 24.5 Å². The number of carbonyl (C=O) groups is 1. The summed E-state index contributed by atoms with van der Waals surface area (Å²) in [5.41, 5.74) is 2.19. The van der Waals surface area contributed by atoms with Crippen molar-refractivity contribution >= 4 is 22.0 Å². The van der Waals surface area contributed by atoms with Gasteiger partial charge in [0, 0.05) is 17.7 Å². The van der Waals surface area contributed by atoms with Crippen LogP contribution in [0.25, 0.3) is 0 Å². The molecule has 0 saturated carbocycles. The quantitative estimate of drug-likeness (QED) is 0.817. The Morgan fingerprint density at radius 2 is 2.47 bits per heavy atom. The summed E-state index contributed by atoms with van der Waals surface area (Å²) in [5.74, 6) is 0. The number of nitrogens with zero attached hydrogens (tertiary/aromatic N) is 1. The number of pyridine rings is 1. The minimum absolute atomic E-state index is 0.0393. The molecule has 2 N–H and O–H groups in total. The molecule has 80 valence electrons. The molecule has 2 amide bonds. The Morgan fingerprint density at radius 3 is 3.20 bits per heavy atom. The molecule has 0 radical (unpaired) electrons. The lowest BCUT2D eigenvalue weighted by Crippen LogP contribution is -2.35. The smallest absolute Gasteiger partial charge is 0.315 e. The van der Waals surface area contributed by atoms with Gasteiger partial charge in [-0.2, -0.15) is 0 Å². The van der Waals surface area contributed by atoms with E-state index in [-0.39, 0.29) is 12.1 Å². The van der Waals surface area contributed by atoms with E-state index in [4.69, 9.17) is 0 Å². The van der Waals surface area contributed by atoms with Gasteiger partial charge >= 0.3 is 6.03 Å². The van der Waals surface area contributed by atoms with Crippen LogP contribution in [0.15, 0.2) is 16.7 Å². The Hall–Kier alpha value is -1.10. The highest BCUT2D eigenvalue weighted by atomic mass is 79.9. The highest BCUT2D eigenvalue weighted by Gasteiger charge is 2.26. The van der Waals surface area contributed by atoms with E-state index in [2.05, 4.69) is 31.5 Å². The lowest BCUT2D eigenvalue weighted by Gasteiger charge is -2.12. The molecule has 1 aromatic heterocycles. The van der Waals surface area contributed by atoms with Gasteiger partial charge in [-0.25, -0.2) is 4.79 Å². The lowest BCUT2D eigenvalue weighted by atomic mass is 10.2. The number of hydrogen-bond donors (Lipinski definition) is 2. The van der Waals surface area contributed by atoms with Crippen LogP contribution in [0, 0.1) is 0 Å². The maximum absolute atomic E-state index is 11.2. The molecule has 1 aromatic rings. The van der Waals surface area contributed by atoms with Crippen LogP contribution < -0.4 is 10.6 Å². The summed E-state index contributed by atoms with van der Waals surface area (Å²) in [4.78, 5) is 15.5. The van der Waals surface area contributed by atoms with Crippen molar-refractivity contribution in [2.45, 2.75) is 18.9 Å². The van der Waals surface area contributed by atoms with Gasteiger partial charge in [0.2, 0.25) is 0 Å². The van der Waals surface area contributed by atoms with Crippen LogP contribution in [0.5, 0.6) is 0 Å². The highest BCUT2D eigenvalue weighted by molar-refractivity contribution is 9.10. The maximum Gasteiger partial charge on any atom is 0.315 e. The fraction of sp³-hybridized carbons (Fsp3) is 0.400. The minimum atomic E-state index is -0.158. The monoisotopic (exact) mass is 269 g/mol. The first-order valence-corrected chi connectivity index (χ1v) is 5.63. The van der Waals surface area contributed by atoms with Gasteiger partial charge < -0.3 is 10.6 Å². The molecule has 15 heavy (non-hydrogen) atoms. The molecule has 0 saturated heterocycles. The number of amides is 2. The summed E-state index contributed by atoms with van der Waals surface area (Å²) in [5, 5.41) is 5.43. The van der Waals surface area contributed by atoms with Crippen molar-refractivity contribution in [3.05, 3.63) is 28.0 Å². The molecular formula is C10H12BrN3O. The Balaban J connectivity index is 2.21. The van der Waals surface area contributed by atoms with Crippen molar-refractivity contribution in [1.82, 2.24) is 15.6 Å². The summed E-state index contributed by atoms with van der Waals surface area (Å²) < 4.78 is 1.08. The standard InChI is InChI=1S/C10H12BrN3O/c1-12-10(15)14-8-3-2-6-7(11)4-5-13-9(6)8/h4-5,8H,2-3H2,1H3,(H2,12,14,15)/t8-/m0/s1. The van der Waals surface area contributed by atoms with Gasteiger partial charge in [-0.1, -0.05) is 15.9 Å². The third-order valence-corrected chi connectivity index (χ3v) is 3.32. The third-order valence-electron chi connectivity index (χ3n) is 2.58. The Morgan fingerprint density at radius 1 is 1.67 bits per heavy atom. The van der Waals surface area contributed by atoms with Crippen molar-refractivity contribution in [2.24, 2.45) is 0 Å². The van der Waals surface area contributed by atoms with E-state index < -0.39 is 0 Å². The first-order valence-electron chi connectivity index (χ1n) is 4.84. The number of aromatic nitrogens is 1. The molecule has 0 fully saturated rings. The Labute approximate surface area is 96.6 Å². The van der Waals surface area contributed by atoms with Crippen molar-refractivity contribution in [1.29, 1.82) is 0 Å². The van der Waals surface area contributed by atoms with Gasteiger partial charge in [0.05, 0.1) is 11.7 Å². The van der Waals surface area contributed by atoms with Crippen LogP contribution in [0.4, 0.5) is 4.79 Å². The van der Waals surface area contributed by atoms with Crippen LogP contribution in [0.1, 0.15) is 23.7 Å². The molecule has 2 rings (SSSR count). The van der Waals surface area contributed by atoms with E-state index in [1.165, 1.54) is 5.56 Å². The van der Waals surface area contributed by atoms with Crippen molar-refractivity contribution in [3.8, 4) is 0 Å². The molecule has 1 heterocycles. The molecule has 0 aliphatic heterocycles. The average molecular weight is 270 g/mol. The third kappa shape index (κ3) is 1.97. The molecule has 1 aliphatic rings. The number of rotatable bonds is 1. The topological polar surface area (TPSA) is 54.0 Å². The fourth-order valence-corrected chi connectivity index (χ4v) is 2.35. The highest BCUT2D eigenvalue weighted by Crippen LogP contribution is 2.33. The van der Waals surface area contributed by atoms with E-state index in [9.17, 15) is 4.79 Å². The summed E-state index contributed by atoms with van der Waals surface area (Å²) in [7, 11) is 1.61. The second-order valence-corrected chi connectivity index (χ2v) is 4.33. The zero-order valence-corrected chi connectivity index (χ0v) is 9.97. The summed E-state index contributed by atoms with van der Waals surface area (Å²) in [6.45, 7) is 0. The van der Waals surface area contributed by atoms with E-state index in [1.807, 2.05) is 6.07 Å². The number of fused-ring (bicyclic) bond motifs is 1. The number of carbonyl (C=O) groups excluding carboxylic acids is 1. The molecule has 4 nitrogen and oxygen atoms in total. The van der Waals surface area contributed by atoms with Gasteiger partial charge in [0.15, 0.2) is 0 Å². The molecule has 0 bridgehead atoms. The van der Waals surface area contributed by atoms with Crippen LogP contribution in [0.3, 0.4) is 0 Å². The van der Waals surface area contributed by atoms with Crippen LogP contribution in [-0.4, -0.2) is 18.1 Å². The second-order valence-electron chi connectivity index (χ2n) is 3.47. The summed E-state index contributed by atoms with van der Waals surface area (Å²) in [6, 6.07) is 1.81. The molecule has 0 aromatic carbocycles. The average Bonchev–Trinajstić information content (AvgIpc) is 2.63. The molecule has 1 atom stereocenters. The van der Waals surface area contributed by atoms with E-state index in [0.717, 1.165) is 23.0 Å². The van der Waals surface area contributed by atoms with E-state index >= 15 is 0 Å². The molecule has 1 aliphatic carbocycles. The maximum atomic E-state index is 11.2. The lowest BCUT2D eigenvalue weighted by molar-refractivity contribution is 0.239. The Bertz CT molecular complexity index is 394. The van der Waals surface area contributed by atoms with Gasteiger partial charge in [-0.3, -0.25) is 4.98 Å². The SMILES string of the molecule is CNC(=O)N[C@H]1CCc2c(Br)ccnc21. The van der Waals surface area contributed by atoms with Crippen molar-refractivity contribution < 1.29 is 4.79 Å². The molecule has 5 heteroatoms. The number of urea groups is 1. The van der Waals surface area contributed by atoms with E-state index in [0.29, 0.717) is 0 Å². The fourth-order valence-electron chi connectivity index (χ4n) is 1.83. The zero-order valence-electron chi connectivity index (χ0n) is 8.38. The number of hydrogen-bond acceptors (Lipinski definition) is 2. The number of nitrogens with one attached hydrogen (secondary N) is 2. The normalized spacial score (nSPS) is 18.4. The van der Waals surface area contributed by atoms with Gasteiger partial charge in [0.1, 0.15) is 0 Å². The van der Waals surface area contributed by atoms with Crippen LogP contribution in [0.2, 0.25) is 0 Å². The minimum Gasteiger partial charge on any atom is -0.341 e. The first-order chi connectivity index (χ1) is 7.22. The van der Waals surface area contributed by atoms with Gasteiger partial charge in [-0.15, -0.1) is 0 Å².